The second-order valence-electron chi connectivity index (χ2n) is 5.30. The number of rotatable bonds is 5. The molecular weight excluding hydrogens is 266 g/mol. The lowest BCUT2D eigenvalue weighted by atomic mass is 10.2. The van der Waals surface area contributed by atoms with Gasteiger partial charge in [0.15, 0.2) is 0 Å². The van der Waals surface area contributed by atoms with Crippen molar-refractivity contribution in [3.05, 3.63) is 48.0 Å². The first kappa shape index (κ1) is 14.1. The van der Waals surface area contributed by atoms with Crippen LogP contribution in [0, 0.1) is 0 Å². The zero-order valence-electron chi connectivity index (χ0n) is 12.1. The first-order chi connectivity index (χ1) is 10.3. The Morgan fingerprint density at radius 3 is 2.81 bits per heavy atom. The van der Waals surface area contributed by atoms with E-state index in [0.29, 0.717) is 12.3 Å². The van der Waals surface area contributed by atoms with E-state index in [1.807, 2.05) is 30.6 Å². The predicted octanol–water partition coefficient (Wildman–Crippen LogP) is 1.51. The number of aromatic nitrogens is 2. The van der Waals surface area contributed by atoms with Crippen molar-refractivity contribution in [1.29, 1.82) is 0 Å². The fourth-order valence-corrected chi connectivity index (χ4v) is 2.62. The molecule has 1 aliphatic rings. The molecule has 1 N–H and O–H groups in total. The van der Waals surface area contributed by atoms with E-state index in [1.165, 1.54) is 0 Å². The van der Waals surface area contributed by atoms with Gasteiger partial charge in [-0.15, -0.1) is 0 Å². The van der Waals surface area contributed by atoms with E-state index in [4.69, 9.17) is 4.74 Å². The van der Waals surface area contributed by atoms with Crippen molar-refractivity contribution < 1.29 is 9.84 Å². The van der Waals surface area contributed by atoms with E-state index < -0.39 is 0 Å². The zero-order valence-corrected chi connectivity index (χ0v) is 12.1. The third-order valence-corrected chi connectivity index (χ3v) is 3.89. The van der Waals surface area contributed by atoms with E-state index >= 15 is 0 Å². The van der Waals surface area contributed by atoms with Crippen LogP contribution in [0.2, 0.25) is 0 Å². The Bertz CT molecular complexity index is 576. The second kappa shape index (κ2) is 6.74. The number of imidazole rings is 1. The largest absolute Gasteiger partial charge is 0.508 e. The van der Waals surface area contributed by atoms with Gasteiger partial charge < -0.3 is 14.4 Å². The Balaban J connectivity index is 1.62. The summed E-state index contributed by atoms with van der Waals surface area (Å²) in [7, 11) is 0. The normalized spacial score (nSPS) is 16.2. The molecule has 5 heteroatoms. The van der Waals surface area contributed by atoms with Crippen LogP contribution in [-0.4, -0.2) is 52.4 Å². The molecule has 0 radical (unpaired) electrons. The van der Waals surface area contributed by atoms with Crippen LogP contribution in [0.1, 0.15) is 11.4 Å². The molecule has 21 heavy (non-hydrogen) atoms. The molecule has 0 spiro atoms. The predicted molar refractivity (Wildman–Crippen MR) is 80.4 cm³/mol. The molecule has 1 fully saturated rings. The monoisotopic (exact) mass is 287 g/mol. The van der Waals surface area contributed by atoms with Gasteiger partial charge in [0.1, 0.15) is 11.6 Å². The van der Waals surface area contributed by atoms with Gasteiger partial charge in [-0.1, -0.05) is 18.2 Å². The first-order valence-electron chi connectivity index (χ1n) is 7.40. The average Bonchev–Trinajstić information content (AvgIpc) is 2.96. The topological polar surface area (TPSA) is 50.5 Å². The summed E-state index contributed by atoms with van der Waals surface area (Å²) in [6, 6.07) is 7.45. The molecule has 1 saturated heterocycles. The van der Waals surface area contributed by atoms with Crippen molar-refractivity contribution >= 4 is 0 Å². The minimum atomic E-state index is 0.338. The van der Waals surface area contributed by atoms with Crippen molar-refractivity contribution in [3.8, 4) is 5.75 Å². The van der Waals surface area contributed by atoms with Crippen molar-refractivity contribution in [1.82, 2.24) is 14.5 Å². The van der Waals surface area contributed by atoms with Gasteiger partial charge in [0.05, 0.1) is 19.8 Å². The van der Waals surface area contributed by atoms with Crippen LogP contribution in [0.15, 0.2) is 36.7 Å². The highest BCUT2D eigenvalue weighted by Crippen LogP contribution is 2.17. The summed E-state index contributed by atoms with van der Waals surface area (Å²) in [5, 5.41) is 9.88. The number of morpholine rings is 1. The van der Waals surface area contributed by atoms with Gasteiger partial charge in [0.25, 0.3) is 0 Å². The lowest BCUT2D eigenvalue weighted by molar-refractivity contribution is 0.0381. The standard InChI is InChI=1S/C16H21N3O2/c20-15-4-2-1-3-14(15)13-19-8-6-17-16(19)5-7-18-9-11-21-12-10-18/h1-4,6,8,20H,5,7,9-13H2. The Hall–Kier alpha value is -1.85. The maximum Gasteiger partial charge on any atom is 0.120 e. The minimum absolute atomic E-state index is 0.338. The Labute approximate surface area is 124 Å². The van der Waals surface area contributed by atoms with Crippen LogP contribution in [0.4, 0.5) is 0 Å². The number of para-hydroxylation sites is 1. The van der Waals surface area contributed by atoms with Gasteiger partial charge in [-0.2, -0.15) is 0 Å². The fourth-order valence-electron chi connectivity index (χ4n) is 2.62. The molecule has 0 unspecified atom stereocenters. The molecule has 1 aromatic heterocycles. The summed E-state index contributed by atoms with van der Waals surface area (Å²) in [4.78, 5) is 6.86. The molecule has 0 saturated carbocycles. The summed E-state index contributed by atoms with van der Waals surface area (Å²) in [6.45, 7) is 5.31. The Morgan fingerprint density at radius 1 is 1.19 bits per heavy atom. The molecule has 112 valence electrons. The van der Waals surface area contributed by atoms with Gasteiger partial charge in [-0.05, 0) is 6.07 Å². The molecule has 3 rings (SSSR count). The Kier molecular flexibility index (Phi) is 4.52. The highest BCUT2D eigenvalue weighted by molar-refractivity contribution is 5.32. The summed E-state index contributed by atoms with van der Waals surface area (Å²) in [5.41, 5.74) is 0.920. The number of benzene rings is 1. The number of aromatic hydroxyl groups is 1. The van der Waals surface area contributed by atoms with Crippen LogP contribution >= 0.6 is 0 Å². The molecule has 0 bridgehead atoms. The van der Waals surface area contributed by atoms with Gasteiger partial charge in [0, 0.05) is 44.0 Å². The molecule has 0 aliphatic carbocycles. The average molecular weight is 287 g/mol. The first-order valence-corrected chi connectivity index (χ1v) is 7.40. The molecule has 0 atom stereocenters. The van der Waals surface area contributed by atoms with Crippen molar-refractivity contribution in [2.24, 2.45) is 0 Å². The van der Waals surface area contributed by atoms with Gasteiger partial charge in [0.2, 0.25) is 0 Å². The number of phenolic OH excluding ortho intramolecular Hbond substituents is 1. The Morgan fingerprint density at radius 2 is 2.00 bits per heavy atom. The maximum atomic E-state index is 9.88. The highest BCUT2D eigenvalue weighted by atomic mass is 16.5. The molecule has 1 aliphatic heterocycles. The van der Waals surface area contributed by atoms with Crippen molar-refractivity contribution in [2.75, 3.05) is 32.8 Å². The summed E-state index contributed by atoms with van der Waals surface area (Å²) < 4.78 is 7.47. The van der Waals surface area contributed by atoms with Gasteiger partial charge in [-0.3, -0.25) is 4.90 Å². The molecular formula is C16H21N3O2. The molecule has 2 aromatic rings. The van der Waals surface area contributed by atoms with Crippen LogP contribution in [0.25, 0.3) is 0 Å². The van der Waals surface area contributed by atoms with Gasteiger partial charge >= 0.3 is 0 Å². The fraction of sp³-hybridized carbons (Fsp3) is 0.438. The smallest absolute Gasteiger partial charge is 0.120 e. The number of nitrogens with zero attached hydrogens (tertiary/aromatic N) is 3. The summed E-state index contributed by atoms with van der Waals surface area (Å²) in [5.74, 6) is 1.40. The zero-order chi connectivity index (χ0) is 14.5. The van der Waals surface area contributed by atoms with E-state index in [-0.39, 0.29) is 0 Å². The van der Waals surface area contributed by atoms with E-state index in [2.05, 4.69) is 14.5 Å². The van der Waals surface area contributed by atoms with Crippen LogP contribution < -0.4 is 0 Å². The number of hydrogen-bond acceptors (Lipinski definition) is 4. The second-order valence-corrected chi connectivity index (χ2v) is 5.30. The van der Waals surface area contributed by atoms with Crippen LogP contribution in [0.5, 0.6) is 5.75 Å². The van der Waals surface area contributed by atoms with Crippen LogP contribution in [0.3, 0.4) is 0 Å². The third-order valence-electron chi connectivity index (χ3n) is 3.89. The summed E-state index contributed by atoms with van der Waals surface area (Å²) in [6.07, 6.45) is 4.72. The van der Waals surface area contributed by atoms with Crippen molar-refractivity contribution in [2.45, 2.75) is 13.0 Å². The maximum absolute atomic E-state index is 9.88. The van der Waals surface area contributed by atoms with Gasteiger partial charge in [-0.25, -0.2) is 4.98 Å². The number of ether oxygens (including phenoxy) is 1. The lowest BCUT2D eigenvalue weighted by Gasteiger charge is -2.26. The molecule has 2 heterocycles. The molecule has 0 amide bonds. The van der Waals surface area contributed by atoms with Crippen molar-refractivity contribution in [3.63, 3.8) is 0 Å². The highest BCUT2D eigenvalue weighted by Gasteiger charge is 2.12. The minimum Gasteiger partial charge on any atom is -0.508 e. The van der Waals surface area contributed by atoms with E-state index in [9.17, 15) is 5.11 Å². The van der Waals surface area contributed by atoms with E-state index in [1.54, 1.807) is 6.07 Å². The molecule has 5 nitrogen and oxygen atoms in total. The number of phenols is 1. The quantitative estimate of drug-likeness (QED) is 0.905. The lowest BCUT2D eigenvalue weighted by Crippen LogP contribution is -2.37. The number of hydrogen-bond donors (Lipinski definition) is 1. The molecule has 1 aromatic carbocycles. The van der Waals surface area contributed by atoms with Crippen LogP contribution in [-0.2, 0) is 17.7 Å². The van der Waals surface area contributed by atoms with E-state index in [0.717, 1.165) is 50.7 Å². The summed E-state index contributed by atoms with van der Waals surface area (Å²) >= 11 is 0. The SMILES string of the molecule is Oc1ccccc1Cn1ccnc1CCN1CCOCC1. The third kappa shape index (κ3) is 3.62.